The summed E-state index contributed by atoms with van der Waals surface area (Å²) in [5.74, 6) is 0.510. The van der Waals surface area contributed by atoms with E-state index in [9.17, 15) is 4.79 Å². The molecule has 1 aliphatic carbocycles. The molecule has 0 bridgehead atoms. The number of nitrogens with one attached hydrogen (secondary N) is 1. The van der Waals surface area contributed by atoms with Gasteiger partial charge in [-0.3, -0.25) is 4.98 Å². The Kier molecular flexibility index (Phi) is 3.12. The molecule has 1 fully saturated rings. The fourth-order valence-corrected chi connectivity index (χ4v) is 2.33. The highest BCUT2D eigenvalue weighted by atomic mass is 32.1. The van der Waals surface area contributed by atoms with Gasteiger partial charge in [0.15, 0.2) is 0 Å². The Hall–Kier alpha value is -2.02. The van der Waals surface area contributed by atoms with E-state index in [1.54, 1.807) is 6.07 Å². The van der Waals surface area contributed by atoms with Crippen LogP contribution >= 0.6 is 11.5 Å². The zero-order chi connectivity index (χ0) is 13.2. The van der Waals surface area contributed by atoms with Gasteiger partial charge in [-0.1, -0.05) is 0 Å². The lowest BCUT2D eigenvalue weighted by Gasteiger charge is -2.02. The molecule has 0 saturated heterocycles. The standard InChI is InChI=1S/C12H12N4O2S/c17-11(18)8-3-4-13-9(5-8)6-14-12-15-10(16-19-12)7-1-2-7/h3-5,7H,1-2,6H2,(H,17,18)(H,14,15,16). The first-order valence-electron chi connectivity index (χ1n) is 5.98. The van der Waals surface area contributed by atoms with Crippen molar-refractivity contribution < 1.29 is 9.90 Å². The Morgan fingerprint density at radius 1 is 1.53 bits per heavy atom. The van der Waals surface area contributed by atoms with Crippen LogP contribution in [-0.4, -0.2) is 25.4 Å². The summed E-state index contributed by atoms with van der Waals surface area (Å²) in [4.78, 5) is 19.4. The van der Waals surface area contributed by atoms with Crippen LogP contribution in [0.15, 0.2) is 18.3 Å². The zero-order valence-corrected chi connectivity index (χ0v) is 10.9. The number of pyridine rings is 1. The van der Waals surface area contributed by atoms with E-state index >= 15 is 0 Å². The van der Waals surface area contributed by atoms with Gasteiger partial charge in [-0.15, -0.1) is 0 Å². The van der Waals surface area contributed by atoms with Crippen LogP contribution in [-0.2, 0) is 6.54 Å². The highest BCUT2D eigenvalue weighted by Crippen LogP contribution is 2.39. The zero-order valence-electron chi connectivity index (χ0n) is 10.0. The number of hydrogen-bond acceptors (Lipinski definition) is 6. The number of rotatable bonds is 5. The first-order valence-corrected chi connectivity index (χ1v) is 6.75. The number of nitrogens with zero attached hydrogens (tertiary/aromatic N) is 3. The molecule has 2 N–H and O–H groups in total. The van der Waals surface area contributed by atoms with Crippen molar-refractivity contribution in [2.24, 2.45) is 0 Å². The average molecular weight is 276 g/mol. The molecular weight excluding hydrogens is 264 g/mol. The van der Waals surface area contributed by atoms with Crippen LogP contribution in [0.25, 0.3) is 0 Å². The first kappa shape index (κ1) is 12.0. The van der Waals surface area contributed by atoms with E-state index in [1.807, 2.05) is 0 Å². The molecule has 19 heavy (non-hydrogen) atoms. The van der Waals surface area contributed by atoms with Crippen LogP contribution in [0.1, 0.15) is 40.6 Å². The van der Waals surface area contributed by atoms with E-state index in [0.29, 0.717) is 18.2 Å². The summed E-state index contributed by atoms with van der Waals surface area (Å²) in [5.41, 5.74) is 0.908. The SMILES string of the molecule is O=C(O)c1ccnc(CNc2nc(C3CC3)ns2)c1. The van der Waals surface area contributed by atoms with Crippen LogP contribution in [0.3, 0.4) is 0 Å². The van der Waals surface area contributed by atoms with E-state index in [-0.39, 0.29) is 5.56 Å². The fraction of sp³-hybridized carbons (Fsp3) is 0.333. The Morgan fingerprint density at radius 3 is 3.11 bits per heavy atom. The van der Waals surface area contributed by atoms with Crippen molar-refractivity contribution >= 4 is 22.6 Å². The Morgan fingerprint density at radius 2 is 2.37 bits per heavy atom. The van der Waals surface area contributed by atoms with Crippen LogP contribution in [0, 0.1) is 0 Å². The Balaban J connectivity index is 1.64. The maximum Gasteiger partial charge on any atom is 0.335 e. The predicted molar refractivity (Wildman–Crippen MR) is 70.4 cm³/mol. The van der Waals surface area contributed by atoms with E-state index in [4.69, 9.17) is 5.11 Å². The van der Waals surface area contributed by atoms with Gasteiger partial charge in [-0.05, 0) is 25.0 Å². The van der Waals surface area contributed by atoms with Crippen molar-refractivity contribution in [2.75, 3.05) is 5.32 Å². The topological polar surface area (TPSA) is 88.0 Å². The molecule has 6 nitrogen and oxygen atoms in total. The second-order valence-electron chi connectivity index (χ2n) is 4.43. The van der Waals surface area contributed by atoms with Gasteiger partial charge in [-0.2, -0.15) is 4.37 Å². The molecule has 0 spiro atoms. The molecule has 0 amide bonds. The van der Waals surface area contributed by atoms with Gasteiger partial charge in [0.2, 0.25) is 5.13 Å². The number of carboxylic acids is 1. The summed E-state index contributed by atoms with van der Waals surface area (Å²) in [7, 11) is 0. The molecule has 0 aliphatic heterocycles. The first-order chi connectivity index (χ1) is 9.22. The molecule has 3 rings (SSSR count). The average Bonchev–Trinajstić information content (AvgIpc) is 3.16. The normalized spacial score (nSPS) is 14.3. The Labute approximate surface area is 113 Å². The van der Waals surface area contributed by atoms with Crippen molar-refractivity contribution in [2.45, 2.75) is 25.3 Å². The van der Waals surface area contributed by atoms with Gasteiger partial charge >= 0.3 is 5.97 Å². The van der Waals surface area contributed by atoms with Gasteiger partial charge < -0.3 is 10.4 Å². The minimum Gasteiger partial charge on any atom is -0.478 e. The molecule has 2 heterocycles. The quantitative estimate of drug-likeness (QED) is 0.869. The molecule has 1 aliphatic rings. The van der Waals surface area contributed by atoms with Crippen LogP contribution in [0.4, 0.5) is 5.13 Å². The summed E-state index contributed by atoms with van der Waals surface area (Å²) in [5, 5.41) is 12.8. The molecule has 2 aromatic heterocycles. The summed E-state index contributed by atoms with van der Waals surface area (Å²) in [6, 6.07) is 3.03. The number of carbonyl (C=O) groups is 1. The molecule has 0 atom stereocenters. The lowest BCUT2D eigenvalue weighted by Crippen LogP contribution is -2.04. The summed E-state index contributed by atoms with van der Waals surface area (Å²) < 4.78 is 4.29. The van der Waals surface area contributed by atoms with Crippen LogP contribution < -0.4 is 5.32 Å². The number of anilines is 1. The van der Waals surface area contributed by atoms with Gasteiger partial charge in [-0.25, -0.2) is 9.78 Å². The molecule has 0 unspecified atom stereocenters. The second-order valence-corrected chi connectivity index (χ2v) is 5.18. The predicted octanol–water partition coefficient (Wildman–Crippen LogP) is 2.12. The van der Waals surface area contributed by atoms with Crippen molar-refractivity contribution in [3.63, 3.8) is 0 Å². The van der Waals surface area contributed by atoms with Gasteiger partial charge in [0, 0.05) is 23.6 Å². The monoisotopic (exact) mass is 276 g/mol. The molecule has 1 saturated carbocycles. The minimum atomic E-state index is -0.949. The maximum atomic E-state index is 10.8. The van der Waals surface area contributed by atoms with Gasteiger partial charge in [0.1, 0.15) is 5.82 Å². The van der Waals surface area contributed by atoms with Crippen LogP contribution in [0.2, 0.25) is 0 Å². The van der Waals surface area contributed by atoms with E-state index in [0.717, 1.165) is 11.0 Å². The third-order valence-electron chi connectivity index (χ3n) is 2.87. The lowest BCUT2D eigenvalue weighted by atomic mass is 10.2. The smallest absolute Gasteiger partial charge is 0.335 e. The molecule has 2 aromatic rings. The minimum absolute atomic E-state index is 0.239. The van der Waals surface area contributed by atoms with Crippen LogP contribution in [0.5, 0.6) is 0 Å². The van der Waals surface area contributed by atoms with E-state index < -0.39 is 5.97 Å². The fourth-order valence-electron chi connectivity index (χ4n) is 1.69. The van der Waals surface area contributed by atoms with Gasteiger partial charge in [0.05, 0.1) is 17.8 Å². The molecular formula is C12H12N4O2S. The van der Waals surface area contributed by atoms with E-state index in [1.165, 1.54) is 36.6 Å². The third kappa shape index (κ3) is 2.87. The highest BCUT2D eigenvalue weighted by molar-refractivity contribution is 7.09. The maximum absolute atomic E-state index is 10.8. The van der Waals surface area contributed by atoms with Gasteiger partial charge in [0.25, 0.3) is 0 Å². The molecule has 0 aromatic carbocycles. The highest BCUT2D eigenvalue weighted by Gasteiger charge is 2.27. The number of carboxylic acid groups (broad SMARTS) is 1. The number of aromatic carboxylic acids is 1. The van der Waals surface area contributed by atoms with Crippen molar-refractivity contribution in [3.8, 4) is 0 Å². The van der Waals surface area contributed by atoms with E-state index in [2.05, 4.69) is 19.7 Å². The summed E-state index contributed by atoms with van der Waals surface area (Å²) in [6.45, 7) is 0.445. The number of aromatic nitrogens is 3. The molecule has 0 radical (unpaired) electrons. The lowest BCUT2D eigenvalue weighted by molar-refractivity contribution is 0.0696. The summed E-state index contributed by atoms with van der Waals surface area (Å²) in [6.07, 6.45) is 3.85. The molecule has 98 valence electrons. The molecule has 7 heteroatoms. The Bertz CT molecular complexity index is 609. The van der Waals surface area contributed by atoms with Crippen molar-refractivity contribution in [3.05, 3.63) is 35.4 Å². The number of hydrogen-bond donors (Lipinski definition) is 2. The van der Waals surface area contributed by atoms with Crippen molar-refractivity contribution in [1.29, 1.82) is 0 Å². The largest absolute Gasteiger partial charge is 0.478 e. The summed E-state index contributed by atoms with van der Waals surface area (Å²) >= 11 is 1.33. The second kappa shape index (κ2) is 4.93. The third-order valence-corrected chi connectivity index (χ3v) is 3.56. The van der Waals surface area contributed by atoms with Crippen molar-refractivity contribution in [1.82, 2.24) is 14.3 Å².